The van der Waals surface area contributed by atoms with Crippen LogP contribution in [-0.2, 0) is 0 Å². The van der Waals surface area contributed by atoms with Crippen molar-refractivity contribution in [2.75, 3.05) is 13.1 Å². The zero-order valence-corrected chi connectivity index (χ0v) is 11.9. The van der Waals surface area contributed by atoms with E-state index in [1.807, 2.05) is 16.8 Å². The van der Waals surface area contributed by atoms with Gasteiger partial charge >= 0.3 is 0 Å². The summed E-state index contributed by atoms with van der Waals surface area (Å²) in [6.07, 6.45) is 5.53. The first kappa shape index (κ1) is 12.5. The maximum atomic E-state index is 12.7. The number of aromatic nitrogens is 4. The molecule has 0 radical (unpaired) electrons. The zero-order valence-electron chi connectivity index (χ0n) is 11.9. The predicted molar refractivity (Wildman–Crippen MR) is 81.5 cm³/mol. The van der Waals surface area contributed by atoms with Crippen LogP contribution in [-0.4, -0.2) is 32.6 Å². The summed E-state index contributed by atoms with van der Waals surface area (Å²) in [5, 5.41) is 4.32. The molecule has 3 aromatic rings. The van der Waals surface area contributed by atoms with E-state index < -0.39 is 0 Å². The molecule has 0 aliphatic carbocycles. The Kier molecular flexibility index (Phi) is 2.78. The summed E-state index contributed by atoms with van der Waals surface area (Å²) in [7, 11) is 0. The average Bonchev–Trinajstić information content (AvgIpc) is 2.98. The van der Waals surface area contributed by atoms with Crippen molar-refractivity contribution in [3.05, 3.63) is 34.5 Å². The fourth-order valence-electron chi connectivity index (χ4n) is 3.24. The molecule has 21 heavy (non-hydrogen) atoms. The van der Waals surface area contributed by atoms with Gasteiger partial charge in [-0.15, -0.1) is 0 Å². The fraction of sp³-hybridized carbons (Fsp3) is 0.400. The van der Waals surface area contributed by atoms with Gasteiger partial charge in [0, 0.05) is 17.6 Å². The number of aryl methyl sites for hydroxylation is 1. The van der Waals surface area contributed by atoms with Gasteiger partial charge in [0.15, 0.2) is 0 Å². The van der Waals surface area contributed by atoms with Crippen molar-refractivity contribution < 1.29 is 0 Å². The summed E-state index contributed by atoms with van der Waals surface area (Å²) in [5.41, 5.74) is 3.05. The van der Waals surface area contributed by atoms with E-state index in [9.17, 15) is 4.79 Å². The first-order valence-electron chi connectivity index (χ1n) is 7.31. The quantitative estimate of drug-likeness (QED) is 0.710. The number of aromatic amines is 1. The van der Waals surface area contributed by atoms with Gasteiger partial charge in [-0.05, 0) is 38.9 Å². The number of pyridine rings is 1. The van der Waals surface area contributed by atoms with Gasteiger partial charge in [0.1, 0.15) is 16.9 Å². The predicted octanol–water partition coefficient (Wildman–Crippen LogP) is 1.51. The van der Waals surface area contributed by atoms with E-state index in [0.717, 1.165) is 48.0 Å². The second-order valence-corrected chi connectivity index (χ2v) is 5.59. The molecule has 0 atom stereocenters. The molecule has 1 fully saturated rings. The Balaban J connectivity index is 2.11. The second-order valence-electron chi connectivity index (χ2n) is 5.59. The molecule has 4 heterocycles. The van der Waals surface area contributed by atoms with E-state index >= 15 is 0 Å². The van der Waals surface area contributed by atoms with E-state index in [1.54, 1.807) is 13.1 Å². The minimum absolute atomic E-state index is 0.0168. The lowest BCUT2D eigenvalue weighted by Crippen LogP contribution is -2.35. The van der Waals surface area contributed by atoms with Gasteiger partial charge in [-0.1, -0.05) is 0 Å². The van der Waals surface area contributed by atoms with Gasteiger partial charge in [-0.2, -0.15) is 0 Å². The van der Waals surface area contributed by atoms with Crippen molar-refractivity contribution in [2.45, 2.75) is 25.8 Å². The number of H-pyrrole nitrogens is 1. The molecule has 1 saturated heterocycles. The summed E-state index contributed by atoms with van der Waals surface area (Å²) in [4.78, 5) is 24.6. The van der Waals surface area contributed by atoms with Crippen LogP contribution >= 0.6 is 0 Å². The highest BCUT2D eigenvalue weighted by Crippen LogP contribution is 2.26. The highest BCUT2D eigenvalue weighted by atomic mass is 16.1. The molecule has 0 unspecified atom stereocenters. The molecule has 108 valence electrons. The highest BCUT2D eigenvalue weighted by molar-refractivity contribution is 6.00. The molecule has 0 saturated carbocycles. The topological polar surface area (TPSA) is 75.6 Å². The Bertz CT molecular complexity index is 873. The summed E-state index contributed by atoms with van der Waals surface area (Å²) in [6, 6.07) is 2.20. The van der Waals surface area contributed by atoms with Crippen LogP contribution in [0, 0.1) is 6.92 Å². The molecule has 0 bridgehead atoms. The number of rotatable bonds is 1. The number of piperidine rings is 1. The maximum Gasteiger partial charge on any atom is 0.272 e. The van der Waals surface area contributed by atoms with Gasteiger partial charge < -0.3 is 14.9 Å². The van der Waals surface area contributed by atoms with E-state index in [4.69, 9.17) is 0 Å². The Labute approximate surface area is 121 Å². The Hall–Kier alpha value is -2.21. The zero-order chi connectivity index (χ0) is 14.4. The van der Waals surface area contributed by atoms with Crippen LogP contribution in [0.1, 0.15) is 24.6 Å². The second kappa shape index (κ2) is 4.66. The lowest BCUT2D eigenvalue weighted by molar-refractivity contribution is 0.368. The maximum absolute atomic E-state index is 12.7. The number of nitrogens with zero attached hydrogens (tertiary/aromatic N) is 3. The van der Waals surface area contributed by atoms with Crippen LogP contribution < -0.4 is 10.9 Å². The van der Waals surface area contributed by atoms with Gasteiger partial charge in [-0.25, -0.2) is 9.97 Å². The molecule has 6 heteroatoms. The molecule has 2 N–H and O–H groups in total. The third kappa shape index (κ3) is 1.86. The van der Waals surface area contributed by atoms with Gasteiger partial charge in [0.25, 0.3) is 5.56 Å². The average molecular weight is 283 g/mol. The normalized spacial score (nSPS) is 16.8. The van der Waals surface area contributed by atoms with E-state index in [0.29, 0.717) is 5.69 Å². The molecule has 6 nitrogen and oxygen atoms in total. The molecule has 4 rings (SSSR count). The van der Waals surface area contributed by atoms with Gasteiger partial charge in [0.2, 0.25) is 0 Å². The number of fused-ring (bicyclic) bond motifs is 3. The monoisotopic (exact) mass is 283 g/mol. The lowest BCUT2D eigenvalue weighted by Gasteiger charge is -2.26. The van der Waals surface area contributed by atoms with Crippen molar-refractivity contribution in [3.8, 4) is 0 Å². The largest absolute Gasteiger partial charge is 0.346 e. The number of hydrogen-bond acceptors (Lipinski definition) is 4. The van der Waals surface area contributed by atoms with Crippen molar-refractivity contribution in [1.82, 2.24) is 24.8 Å². The fourth-order valence-corrected chi connectivity index (χ4v) is 3.24. The summed E-state index contributed by atoms with van der Waals surface area (Å²) in [5.74, 6) is 0. The van der Waals surface area contributed by atoms with Crippen molar-refractivity contribution in [1.29, 1.82) is 0 Å². The van der Waals surface area contributed by atoms with Crippen LogP contribution in [0.15, 0.2) is 23.3 Å². The van der Waals surface area contributed by atoms with Crippen LogP contribution in [0.25, 0.3) is 22.1 Å². The number of nitrogens with one attached hydrogen (secondary N) is 2. The first-order valence-corrected chi connectivity index (χ1v) is 7.31. The standard InChI is InChI=1S/C15H17N5O/c1-9-15(21)20(10-2-5-16-6-3-10)13-11-4-7-17-14(11)18-8-12(13)19-9/h4,7-8,10,16H,2-3,5-6H2,1H3,(H,17,18). The Morgan fingerprint density at radius 2 is 2.14 bits per heavy atom. The van der Waals surface area contributed by atoms with Crippen molar-refractivity contribution in [3.63, 3.8) is 0 Å². The highest BCUT2D eigenvalue weighted by Gasteiger charge is 2.21. The van der Waals surface area contributed by atoms with Crippen LogP contribution in [0.2, 0.25) is 0 Å². The van der Waals surface area contributed by atoms with Crippen molar-refractivity contribution in [2.24, 2.45) is 0 Å². The molecule has 3 aromatic heterocycles. The first-order chi connectivity index (χ1) is 10.3. The summed E-state index contributed by atoms with van der Waals surface area (Å²) >= 11 is 0. The lowest BCUT2D eigenvalue weighted by atomic mass is 10.1. The van der Waals surface area contributed by atoms with Gasteiger partial charge in [-0.3, -0.25) is 4.79 Å². The minimum Gasteiger partial charge on any atom is -0.346 e. The smallest absolute Gasteiger partial charge is 0.272 e. The molecule has 1 aliphatic rings. The third-order valence-electron chi connectivity index (χ3n) is 4.27. The molecule has 0 amide bonds. The molecular formula is C15H17N5O. The Morgan fingerprint density at radius 3 is 2.95 bits per heavy atom. The summed E-state index contributed by atoms with van der Waals surface area (Å²) < 4.78 is 1.94. The Morgan fingerprint density at radius 1 is 1.33 bits per heavy atom. The molecular weight excluding hydrogens is 266 g/mol. The number of hydrogen-bond donors (Lipinski definition) is 2. The minimum atomic E-state index is 0.0168. The third-order valence-corrected chi connectivity index (χ3v) is 4.27. The van der Waals surface area contributed by atoms with Crippen LogP contribution in [0.4, 0.5) is 0 Å². The molecule has 0 spiro atoms. The van der Waals surface area contributed by atoms with Crippen LogP contribution in [0.3, 0.4) is 0 Å². The molecule has 1 aliphatic heterocycles. The molecule has 0 aromatic carbocycles. The SMILES string of the molecule is Cc1nc2cnc3[nH]ccc3c2n(C2CCNCC2)c1=O. The van der Waals surface area contributed by atoms with E-state index in [2.05, 4.69) is 20.3 Å². The van der Waals surface area contributed by atoms with Gasteiger partial charge in [0.05, 0.1) is 11.7 Å². The summed E-state index contributed by atoms with van der Waals surface area (Å²) in [6.45, 7) is 3.67. The van der Waals surface area contributed by atoms with Crippen LogP contribution in [0.5, 0.6) is 0 Å². The van der Waals surface area contributed by atoms with E-state index in [1.165, 1.54) is 0 Å². The van der Waals surface area contributed by atoms with Crippen molar-refractivity contribution >= 4 is 22.1 Å². The van der Waals surface area contributed by atoms with E-state index in [-0.39, 0.29) is 11.6 Å².